The van der Waals surface area contributed by atoms with Crippen LogP contribution in [0.15, 0.2) is 24.3 Å². The molecule has 1 aromatic rings. The first-order chi connectivity index (χ1) is 11.2. The Balaban J connectivity index is 1.99. The van der Waals surface area contributed by atoms with E-state index in [1.807, 2.05) is 18.2 Å². The summed E-state index contributed by atoms with van der Waals surface area (Å²) < 4.78 is 16.3. The number of ether oxygens (including phenoxy) is 3. The van der Waals surface area contributed by atoms with E-state index in [4.69, 9.17) is 14.2 Å². The van der Waals surface area contributed by atoms with Crippen LogP contribution in [-0.4, -0.2) is 50.8 Å². The predicted octanol–water partition coefficient (Wildman–Crippen LogP) is 2.75. The van der Waals surface area contributed by atoms with Crippen LogP contribution in [0.25, 0.3) is 6.08 Å². The average molecular weight is 319 g/mol. The summed E-state index contributed by atoms with van der Waals surface area (Å²) in [6.07, 6.45) is 5.50. The van der Waals surface area contributed by atoms with Gasteiger partial charge in [-0.15, -0.1) is 0 Å². The van der Waals surface area contributed by atoms with Gasteiger partial charge in [-0.2, -0.15) is 0 Å². The molecule has 1 aliphatic heterocycles. The molecule has 5 nitrogen and oxygen atoms in total. The lowest BCUT2D eigenvalue weighted by Crippen LogP contribution is -2.39. The number of unbranched alkanes of at least 4 members (excludes halogenated alkanes) is 1. The first-order valence-corrected chi connectivity index (χ1v) is 8.10. The highest BCUT2D eigenvalue weighted by Crippen LogP contribution is 2.28. The van der Waals surface area contributed by atoms with Gasteiger partial charge in [0.15, 0.2) is 11.5 Å². The number of benzene rings is 1. The third-order valence-electron chi connectivity index (χ3n) is 3.68. The van der Waals surface area contributed by atoms with Crippen LogP contribution in [0.3, 0.4) is 0 Å². The van der Waals surface area contributed by atoms with Crippen molar-refractivity contribution in [2.24, 2.45) is 0 Å². The molecule has 2 rings (SSSR count). The predicted molar refractivity (Wildman–Crippen MR) is 89.8 cm³/mol. The van der Waals surface area contributed by atoms with Crippen LogP contribution < -0.4 is 9.47 Å². The fourth-order valence-electron chi connectivity index (χ4n) is 2.29. The van der Waals surface area contributed by atoms with E-state index in [2.05, 4.69) is 6.92 Å². The first-order valence-electron chi connectivity index (χ1n) is 8.10. The van der Waals surface area contributed by atoms with Gasteiger partial charge < -0.3 is 19.1 Å². The zero-order valence-corrected chi connectivity index (χ0v) is 13.9. The molecule has 1 fully saturated rings. The Morgan fingerprint density at radius 1 is 1.30 bits per heavy atom. The molecule has 0 aromatic heterocycles. The van der Waals surface area contributed by atoms with Crippen molar-refractivity contribution in [1.29, 1.82) is 0 Å². The fourth-order valence-corrected chi connectivity index (χ4v) is 2.29. The maximum Gasteiger partial charge on any atom is 0.246 e. The molecule has 126 valence electrons. The Morgan fingerprint density at radius 3 is 2.78 bits per heavy atom. The molecule has 0 unspecified atom stereocenters. The zero-order chi connectivity index (χ0) is 16.5. The molecule has 0 bridgehead atoms. The molecular formula is C18H25NO4. The van der Waals surface area contributed by atoms with Crippen molar-refractivity contribution in [3.05, 3.63) is 29.8 Å². The highest BCUT2D eigenvalue weighted by atomic mass is 16.5. The molecule has 23 heavy (non-hydrogen) atoms. The Morgan fingerprint density at radius 2 is 2.09 bits per heavy atom. The smallest absolute Gasteiger partial charge is 0.246 e. The van der Waals surface area contributed by atoms with Gasteiger partial charge in [0.1, 0.15) is 0 Å². The lowest BCUT2D eigenvalue weighted by atomic mass is 10.2. The van der Waals surface area contributed by atoms with E-state index < -0.39 is 0 Å². The van der Waals surface area contributed by atoms with Crippen molar-refractivity contribution < 1.29 is 19.0 Å². The molecule has 1 heterocycles. The third-order valence-corrected chi connectivity index (χ3v) is 3.68. The number of amides is 1. The summed E-state index contributed by atoms with van der Waals surface area (Å²) in [7, 11) is 1.62. The van der Waals surface area contributed by atoms with Crippen LogP contribution in [0.5, 0.6) is 11.5 Å². The van der Waals surface area contributed by atoms with Crippen LogP contribution in [0.2, 0.25) is 0 Å². The highest BCUT2D eigenvalue weighted by molar-refractivity contribution is 5.91. The zero-order valence-electron chi connectivity index (χ0n) is 13.9. The second kappa shape index (κ2) is 9.20. The van der Waals surface area contributed by atoms with Crippen LogP contribution in [0.1, 0.15) is 25.3 Å². The highest BCUT2D eigenvalue weighted by Gasteiger charge is 2.14. The molecule has 0 N–H and O–H groups in total. The van der Waals surface area contributed by atoms with Crippen LogP contribution >= 0.6 is 0 Å². The quantitative estimate of drug-likeness (QED) is 0.573. The van der Waals surface area contributed by atoms with Crippen LogP contribution in [0, 0.1) is 0 Å². The van der Waals surface area contributed by atoms with E-state index in [9.17, 15) is 4.79 Å². The van der Waals surface area contributed by atoms with Gasteiger partial charge in [-0.25, -0.2) is 0 Å². The standard InChI is InChI=1S/C18H25NO4/c1-3-4-11-23-16-7-5-15(14-17(16)21-2)6-8-18(20)19-9-12-22-13-10-19/h5-8,14H,3-4,9-13H2,1-2H3. The molecular weight excluding hydrogens is 294 g/mol. The Hall–Kier alpha value is -2.01. The molecule has 1 amide bonds. The number of carbonyl (C=O) groups is 1. The minimum absolute atomic E-state index is 0.00976. The van der Waals surface area contributed by atoms with Gasteiger partial charge in [0.25, 0.3) is 0 Å². The van der Waals surface area contributed by atoms with Gasteiger partial charge in [0.05, 0.1) is 26.9 Å². The van der Waals surface area contributed by atoms with Gasteiger partial charge in [0.2, 0.25) is 5.91 Å². The van der Waals surface area contributed by atoms with Crippen molar-refractivity contribution in [3.8, 4) is 11.5 Å². The molecule has 5 heteroatoms. The van der Waals surface area contributed by atoms with Gasteiger partial charge in [-0.05, 0) is 30.2 Å². The summed E-state index contributed by atoms with van der Waals surface area (Å²) >= 11 is 0. The van der Waals surface area contributed by atoms with Crippen molar-refractivity contribution in [2.45, 2.75) is 19.8 Å². The lowest BCUT2D eigenvalue weighted by molar-refractivity contribution is -0.129. The maximum absolute atomic E-state index is 12.1. The second-order valence-electron chi connectivity index (χ2n) is 5.38. The van der Waals surface area contributed by atoms with Gasteiger partial charge in [0, 0.05) is 19.2 Å². The molecule has 0 saturated carbocycles. The molecule has 0 radical (unpaired) electrons. The van der Waals surface area contributed by atoms with Crippen LogP contribution in [0.4, 0.5) is 0 Å². The van der Waals surface area contributed by atoms with E-state index in [-0.39, 0.29) is 5.91 Å². The van der Waals surface area contributed by atoms with Crippen molar-refractivity contribution >= 4 is 12.0 Å². The normalized spacial score (nSPS) is 15.0. The van der Waals surface area contributed by atoms with Gasteiger partial charge in [-0.3, -0.25) is 4.79 Å². The van der Waals surface area contributed by atoms with E-state index in [1.165, 1.54) is 0 Å². The monoisotopic (exact) mass is 319 g/mol. The molecule has 1 saturated heterocycles. The number of rotatable bonds is 7. The molecule has 1 aromatic carbocycles. The number of nitrogens with zero attached hydrogens (tertiary/aromatic N) is 1. The molecule has 1 aliphatic rings. The summed E-state index contributed by atoms with van der Waals surface area (Å²) in [5, 5.41) is 0. The topological polar surface area (TPSA) is 48.0 Å². The number of carbonyl (C=O) groups excluding carboxylic acids is 1. The van der Waals surface area contributed by atoms with Gasteiger partial charge in [-0.1, -0.05) is 19.4 Å². The summed E-state index contributed by atoms with van der Waals surface area (Å²) in [4.78, 5) is 13.9. The third kappa shape index (κ3) is 5.28. The molecule has 0 aliphatic carbocycles. The largest absolute Gasteiger partial charge is 0.493 e. The van der Waals surface area contributed by atoms with Gasteiger partial charge >= 0.3 is 0 Å². The van der Waals surface area contributed by atoms with Crippen molar-refractivity contribution in [1.82, 2.24) is 4.90 Å². The lowest BCUT2D eigenvalue weighted by Gasteiger charge is -2.25. The number of morpholine rings is 1. The summed E-state index contributed by atoms with van der Waals surface area (Å²) in [6.45, 7) is 5.32. The van der Waals surface area contributed by atoms with E-state index in [1.54, 1.807) is 24.2 Å². The summed E-state index contributed by atoms with van der Waals surface area (Å²) in [5.41, 5.74) is 0.909. The first kappa shape index (κ1) is 17.3. The van der Waals surface area contributed by atoms with Crippen molar-refractivity contribution in [2.75, 3.05) is 40.0 Å². The maximum atomic E-state index is 12.1. The molecule has 0 spiro atoms. The van der Waals surface area contributed by atoms with Crippen LogP contribution in [-0.2, 0) is 9.53 Å². The Kier molecular flexibility index (Phi) is 6.94. The number of hydrogen-bond acceptors (Lipinski definition) is 4. The van der Waals surface area contributed by atoms with E-state index in [0.717, 1.165) is 24.2 Å². The van der Waals surface area contributed by atoms with E-state index >= 15 is 0 Å². The van der Waals surface area contributed by atoms with Crippen molar-refractivity contribution in [3.63, 3.8) is 0 Å². The fraction of sp³-hybridized carbons (Fsp3) is 0.500. The second-order valence-corrected chi connectivity index (χ2v) is 5.38. The Labute approximate surface area is 137 Å². The minimum atomic E-state index is 0.00976. The minimum Gasteiger partial charge on any atom is -0.493 e. The SMILES string of the molecule is CCCCOc1ccc(C=CC(=O)N2CCOCC2)cc1OC. The Bertz CT molecular complexity index is 536. The summed E-state index contributed by atoms with van der Waals surface area (Å²) in [6, 6.07) is 5.69. The molecule has 0 atom stereocenters. The van der Waals surface area contributed by atoms with E-state index in [0.29, 0.717) is 38.7 Å². The number of methoxy groups -OCH3 is 1. The number of hydrogen-bond donors (Lipinski definition) is 0. The summed E-state index contributed by atoms with van der Waals surface area (Å²) in [5.74, 6) is 1.43. The average Bonchev–Trinajstić information content (AvgIpc) is 2.61.